The molecule has 1 aromatic heterocycles. The summed E-state index contributed by atoms with van der Waals surface area (Å²) in [6.45, 7) is 5.54. The van der Waals surface area contributed by atoms with E-state index in [9.17, 15) is 13.2 Å². The standard InChI is InChI=1S/C18H29N3O3S/c1-13-7-6-8-16(14(13)2)19-18(22)17-11-15(12-20(17)3)25(23,24)21-9-4-5-10-21/h11-14,16H,4-10H2,1-3H3,(H,19,22)/t13-,14+,16-/m1/s1. The Bertz CT molecular complexity index is 735. The average molecular weight is 368 g/mol. The smallest absolute Gasteiger partial charge is 0.268 e. The monoisotopic (exact) mass is 367 g/mol. The molecule has 3 atom stereocenters. The number of aromatic nitrogens is 1. The molecule has 2 aliphatic rings. The molecule has 6 nitrogen and oxygen atoms in total. The van der Waals surface area contributed by atoms with Crippen LogP contribution in [0.25, 0.3) is 0 Å². The minimum Gasteiger partial charge on any atom is -0.348 e. The zero-order valence-electron chi connectivity index (χ0n) is 15.4. The number of carbonyl (C=O) groups excluding carboxylic acids is 1. The molecule has 25 heavy (non-hydrogen) atoms. The molecule has 0 bridgehead atoms. The van der Waals surface area contributed by atoms with Crippen molar-refractivity contribution in [1.29, 1.82) is 0 Å². The van der Waals surface area contributed by atoms with Crippen molar-refractivity contribution in [1.82, 2.24) is 14.2 Å². The lowest BCUT2D eigenvalue weighted by atomic mass is 9.78. The summed E-state index contributed by atoms with van der Waals surface area (Å²) in [5, 5.41) is 3.12. The molecule has 1 aliphatic heterocycles. The van der Waals surface area contributed by atoms with Crippen LogP contribution in [0.15, 0.2) is 17.2 Å². The number of rotatable bonds is 4. The first-order chi connectivity index (χ1) is 11.8. The highest BCUT2D eigenvalue weighted by molar-refractivity contribution is 7.89. The Labute approximate surface area is 150 Å². The largest absolute Gasteiger partial charge is 0.348 e. The van der Waals surface area contributed by atoms with Crippen LogP contribution < -0.4 is 5.32 Å². The first kappa shape index (κ1) is 18.5. The lowest BCUT2D eigenvalue weighted by Crippen LogP contribution is -2.44. The van der Waals surface area contributed by atoms with E-state index in [1.54, 1.807) is 17.8 Å². The second-order valence-corrected chi connectivity index (χ2v) is 9.57. The Hall–Kier alpha value is -1.34. The molecule has 140 valence electrons. The van der Waals surface area contributed by atoms with Crippen LogP contribution in [0.5, 0.6) is 0 Å². The number of aryl methyl sites for hydroxylation is 1. The summed E-state index contributed by atoms with van der Waals surface area (Å²) < 4.78 is 28.5. The van der Waals surface area contributed by atoms with Crippen LogP contribution in [-0.4, -0.2) is 42.3 Å². The predicted molar refractivity (Wildman–Crippen MR) is 96.8 cm³/mol. The number of nitrogens with zero attached hydrogens (tertiary/aromatic N) is 2. The number of sulfonamides is 1. The van der Waals surface area contributed by atoms with E-state index < -0.39 is 10.0 Å². The van der Waals surface area contributed by atoms with Gasteiger partial charge in [0.25, 0.3) is 5.91 Å². The van der Waals surface area contributed by atoms with Gasteiger partial charge in [-0.05, 0) is 37.2 Å². The van der Waals surface area contributed by atoms with Gasteiger partial charge in [0.15, 0.2) is 0 Å². The Morgan fingerprint density at radius 1 is 1.16 bits per heavy atom. The van der Waals surface area contributed by atoms with Crippen LogP contribution in [0.1, 0.15) is 56.4 Å². The highest BCUT2D eigenvalue weighted by Crippen LogP contribution is 2.30. The molecule has 1 saturated heterocycles. The van der Waals surface area contributed by atoms with Gasteiger partial charge >= 0.3 is 0 Å². The third kappa shape index (κ3) is 3.62. The van der Waals surface area contributed by atoms with Gasteiger partial charge in [0.2, 0.25) is 10.0 Å². The molecule has 1 N–H and O–H groups in total. The van der Waals surface area contributed by atoms with E-state index in [4.69, 9.17) is 0 Å². The molecule has 0 unspecified atom stereocenters. The van der Waals surface area contributed by atoms with Crippen molar-refractivity contribution in [2.45, 2.75) is 56.9 Å². The summed E-state index contributed by atoms with van der Waals surface area (Å²) in [7, 11) is -1.77. The zero-order chi connectivity index (χ0) is 18.2. The molecular formula is C18H29N3O3S. The molecule has 0 aromatic carbocycles. The van der Waals surface area contributed by atoms with Gasteiger partial charge < -0.3 is 9.88 Å². The number of carbonyl (C=O) groups is 1. The third-order valence-corrected chi connectivity index (χ3v) is 7.80. The Morgan fingerprint density at radius 2 is 1.84 bits per heavy atom. The van der Waals surface area contributed by atoms with Gasteiger partial charge in [-0.15, -0.1) is 0 Å². The summed E-state index contributed by atoms with van der Waals surface area (Å²) >= 11 is 0. The topological polar surface area (TPSA) is 71.4 Å². The number of amides is 1. The SMILES string of the molecule is C[C@H]1[C@H](C)CCC[C@H]1NC(=O)c1cc(S(=O)(=O)N2CCCC2)cn1C. The second kappa shape index (κ2) is 7.11. The van der Waals surface area contributed by atoms with Crippen molar-refractivity contribution in [2.75, 3.05) is 13.1 Å². The van der Waals surface area contributed by atoms with Gasteiger partial charge in [0, 0.05) is 32.4 Å². The minimum absolute atomic E-state index is 0.157. The highest BCUT2D eigenvalue weighted by atomic mass is 32.2. The summed E-state index contributed by atoms with van der Waals surface area (Å²) in [5.41, 5.74) is 0.406. The van der Waals surface area contributed by atoms with E-state index in [-0.39, 0.29) is 16.8 Å². The maximum absolute atomic E-state index is 12.7. The van der Waals surface area contributed by atoms with E-state index in [0.29, 0.717) is 30.6 Å². The molecule has 0 radical (unpaired) electrons. The van der Waals surface area contributed by atoms with Crippen LogP contribution in [0.2, 0.25) is 0 Å². The fraction of sp³-hybridized carbons (Fsp3) is 0.722. The molecule has 2 heterocycles. The lowest BCUT2D eigenvalue weighted by Gasteiger charge is -2.34. The van der Waals surface area contributed by atoms with E-state index >= 15 is 0 Å². The highest BCUT2D eigenvalue weighted by Gasteiger charge is 2.31. The maximum Gasteiger partial charge on any atom is 0.268 e. The van der Waals surface area contributed by atoms with E-state index in [2.05, 4.69) is 19.2 Å². The van der Waals surface area contributed by atoms with E-state index in [1.165, 1.54) is 16.8 Å². The fourth-order valence-corrected chi connectivity index (χ4v) is 5.60. The summed E-state index contributed by atoms with van der Waals surface area (Å²) in [4.78, 5) is 12.9. The average Bonchev–Trinajstić information content (AvgIpc) is 3.21. The van der Waals surface area contributed by atoms with E-state index in [0.717, 1.165) is 25.7 Å². The van der Waals surface area contributed by atoms with Gasteiger partial charge in [-0.3, -0.25) is 4.79 Å². The van der Waals surface area contributed by atoms with Crippen LogP contribution in [0.3, 0.4) is 0 Å². The Kier molecular flexibility index (Phi) is 5.25. The summed E-state index contributed by atoms with van der Waals surface area (Å²) in [6.07, 6.45) is 6.67. The summed E-state index contributed by atoms with van der Waals surface area (Å²) in [5.74, 6) is 0.848. The first-order valence-corrected chi connectivity index (χ1v) is 10.7. The van der Waals surface area contributed by atoms with Gasteiger partial charge in [-0.1, -0.05) is 26.7 Å². The van der Waals surface area contributed by atoms with Crippen molar-refractivity contribution < 1.29 is 13.2 Å². The van der Waals surface area contributed by atoms with Gasteiger partial charge in [0.05, 0.1) is 0 Å². The van der Waals surface area contributed by atoms with Crippen molar-refractivity contribution in [2.24, 2.45) is 18.9 Å². The normalized spacial score (nSPS) is 28.2. The van der Waals surface area contributed by atoms with Gasteiger partial charge in [-0.25, -0.2) is 8.42 Å². The van der Waals surface area contributed by atoms with Crippen molar-refractivity contribution in [3.8, 4) is 0 Å². The number of hydrogen-bond donors (Lipinski definition) is 1. The van der Waals surface area contributed by atoms with Crippen molar-refractivity contribution in [3.63, 3.8) is 0 Å². The quantitative estimate of drug-likeness (QED) is 0.888. The van der Waals surface area contributed by atoms with Crippen molar-refractivity contribution >= 4 is 15.9 Å². The molecule has 1 aliphatic carbocycles. The van der Waals surface area contributed by atoms with Gasteiger partial charge in [-0.2, -0.15) is 4.31 Å². The Morgan fingerprint density at radius 3 is 2.52 bits per heavy atom. The molecule has 7 heteroatoms. The molecule has 0 spiro atoms. The minimum atomic E-state index is -3.49. The number of hydrogen-bond acceptors (Lipinski definition) is 3. The molecule has 1 aromatic rings. The molecule has 3 rings (SSSR count). The zero-order valence-corrected chi connectivity index (χ0v) is 16.2. The first-order valence-electron chi connectivity index (χ1n) is 9.28. The van der Waals surface area contributed by atoms with Crippen LogP contribution in [0.4, 0.5) is 0 Å². The van der Waals surface area contributed by atoms with Crippen LogP contribution in [-0.2, 0) is 17.1 Å². The Balaban J connectivity index is 1.77. The number of nitrogens with one attached hydrogen (secondary N) is 1. The second-order valence-electron chi connectivity index (χ2n) is 7.63. The molecule has 1 saturated carbocycles. The summed E-state index contributed by atoms with van der Waals surface area (Å²) in [6, 6.07) is 1.67. The predicted octanol–water partition coefficient (Wildman–Crippen LogP) is 2.36. The molecule has 1 amide bonds. The van der Waals surface area contributed by atoms with Crippen molar-refractivity contribution in [3.05, 3.63) is 18.0 Å². The molecule has 2 fully saturated rings. The molecular weight excluding hydrogens is 338 g/mol. The van der Waals surface area contributed by atoms with E-state index in [1.807, 2.05) is 0 Å². The van der Waals surface area contributed by atoms with Gasteiger partial charge in [0.1, 0.15) is 10.6 Å². The maximum atomic E-state index is 12.7. The van der Waals surface area contributed by atoms with Crippen LogP contribution in [0, 0.1) is 11.8 Å². The van der Waals surface area contributed by atoms with Crippen LogP contribution >= 0.6 is 0 Å². The third-order valence-electron chi connectivity index (χ3n) is 5.94. The lowest BCUT2D eigenvalue weighted by molar-refractivity contribution is 0.0883. The fourth-order valence-electron chi connectivity index (χ4n) is 4.01.